The minimum absolute atomic E-state index is 0.0576. The standard InChI is InChI=1S/C12H22N4O2/c1-14(2)9-10(17)15-5-7-16(8-6-15)11(18)12(13)3-4-12/h3-9,13H2,1-2H3. The summed E-state index contributed by atoms with van der Waals surface area (Å²) in [5, 5.41) is 0. The van der Waals surface area contributed by atoms with Gasteiger partial charge in [-0.25, -0.2) is 0 Å². The molecule has 2 N–H and O–H groups in total. The highest BCUT2D eigenvalue weighted by atomic mass is 16.2. The van der Waals surface area contributed by atoms with Crippen LogP contribution < -0.4 is 5.73 Å². The minimum atomic E-state index is -0.587. The molecule has 1 aliphatic heterocycles. The highest BCUT2D eigenvalue weighted by Gasteiger charge is 2.48. The first kappa shape index (κ1) is 13.3. The van der Waals surface area contributed by atoms with Crippen LogP contribution >= 0.6 is 0 Å². The number of carbonyl (C=O) groups is 2. The fourth-order valence-electron chi connectivity index (χ4n) is 2.19. The molecule has 18 heavy (non-hydrogen) atoms. The van der Waals surface area contributed by atoms with Crippen molar-refractivity contribution < 1.29 is 9.59 Å². The van der Waals surface area contributed by atoms with Gasteiger partial charge in [0.25, 0.3) is 0 Å². The van der Waals surface area contributed by atoms with Crippen LogP contribution in [-0.2, 0) is 9.59 Å². The molecule has 1 saturated heterocycles. The first-order valence-electron chi connectivity index (χ1n) is 6.43. The van der Waals surface area contributed by atoms with Crippen molar-refractivity contribution in [2.45, 2.75) is 18.4 Å². The van der Waals surface area contributed by atoms with E-state index < -0.39 is 5.54 Å². The van der Waals surface area contributed by atoms with Gasteiger partial charge in [-0.1, -0.05) is 0 Å². The van der Waals surface area contributed by atoms with Crippen LogP contribution in [-0.4, -0.2) is 78.9 Å². The van der Waals surface area contributed by atoms with E-state index in [0.717, 1.165) is 12.8 Å². The van der Waals surface area contributed by atoms with Gasteiger partial charge in [-0.2, -0.15) is 0 Å². The maximum Gasteiger partial charge on any atom is 0.242 e. The molecule has 0 bridgehead atoms. The molecule has 2 amide bonds. The summed E-state index contributed by atoms with van der Waals surface area (Å²) < 4.78 is 0. The molecule has 0 aromatic carbocycles. The summed E-state index contributed by atoms with van der Waals surface area (Å²) >= 11 is 0. The van der Waals surface area contributed by atoms with Crippen molar-refractivity contribution in [3.8, 4) is 0 Å². The third-order valence-corrected chi connectivity index (χ3v) is 3.59. The molecular weight excluding hydrogens is 232 g/mol. The first-order chi connectivity index (χ1) is 8.42. The highest BCUT2D eigenvalue weighted by molar-refractivity contribution is 5.89. The minimum Gasteiger partial charge on any atom is -0.338 e. The van der Waals surface area contributed by atoms with Gasteiger partial charge in [0, 0.05) is 26.2 Å². The van der Waals surface area contributed by atoms with Crippen molar-refractivity contribution in [3.05, 3.63) is 0 Å². The second kappa shape index (κ2) is 4.85. The molecule has 0 aromatic rings. The number of nitrogens with two attached hydrogens (primary N) is 1. The topological polar surface area (TPSA) is 69.9 Å². The Morgan fingerprint density at radius 2 is 1.61 bits per heavy atom. The third-order valence-electron chi connectivity index (χ3n) is 3.59. The van der Waals surface area contributed by atoms with Crippen molar-refractivity contribution in [1.29, 1.82) is 0 Å². The molecule has 2 rings (SSSR count). The molecule has 102 valence electrons. The van der Waals surface area contributed by atoms with Crippen molar-refractivity contribution in [2.24, 2.45) is 5.73 Å². The van der Waals surface area contributed by atoms with Crippen LogP contribution in [0.25, 0.3) is 0 Å². The maximum atomic E-state index is 12.0. The number of amides is 2. The number of nitrogens with zero attached hydrogens (tertiary/aromatic N) is 3. The SMILES string of the molecule is CN(C)CC(=O)N1CCN(C(=O)C2(N)CC2)CC1. The van der Waals surface area contributed by atoms with Crippen molar-refractivity contribution >= 4 is 11.8 Å². The average Bonchev–Trinajstić information content (AvgIpc) is 3.07. The fourth-order valence-corrected chi connectivity index (χ4v) is 2.19. The first-order valence-corrected chi connectivity index (χ1v) is 6.43. The van der Waals surface area contributed by atoms with Crippen molar-refractivity contribution in [3.63, 3.8) is 0 Å². The lowest BCUT2D eigenvalue weighted by Gasteiger charge is -2.36. The molecule has 6 nitrogen and oxygen atoms in total. The molecule has 1 saturated carbocycles. The zero-order valence-corrected chi connectivity index (χ0v) is 11.2. The molecule has 0 spiro atoms. The molecular formula is C12H22N4O2. The van der Waals surface area contributed by atoms with E-state index in [1.807, 2.05) is 23.9 Å². The van der Waals surface area contributed by atoms with E-state index in [2.05, 4.69) is 0 Å². The molecule has 6 heteroatoms. The van der Waals surface area contributed by atoms with Crippen molar-refractivity contribution in [2.75, 3.05) is 46.8 Å². The zero-order valence-electron chi connectivity index (χ0n) is 11.2. The summed E-state index contributed by atoms with van der Waals surface area (Å²) in [5.74, 6) is 0.184. The van der Waals surface area contributed by atoms with E-state index in [-0.39, 0.29) is 11.8 Å². The molecule has 0 aromatic heterocycles. The quantitative estimate of drug-likeness (QED) is 0.680. The average molecular weight is 254 g/mol. The van der Waals surface area contributed by atoms with E-state index >= 15 is 0 Å². The predicted molar refractivity (Wildman–Crippen MR) is 67.9 cm³/mol. The second-order valence-corrected chi connectivity index (χ2v) is 5.57. The fraction of sp³-hybridized carbons (Fsp3) is 0.833. The summed E-state index contributed by atoms with van der Waals surface area (Å²) in [6.07, 6.45) is 1.59. The van der Waals surface area contributed by atoms with Crippen LogP contribution in [0.15, 0.2) is 0 Å². The Morgan fingerprint density at radius 1 is 1.11 bits per heavy atom. The number of likely N-dealkylation sites (N-methyl/N-ethyl adjacent to an activating group) is 1. The molecule has 0 unspecified atom stereocenters. The molecule has 2 aliphatic rings. The number of rotatable bonds is 3. The van der Waals surface area contributed by atoms with E-state index in [0.29, 0.717) is 32.7 Å². The number of hydrogen-bond acceptors (Lipinski definition) is 4. The van der Waals surface area contributed by atoms with Gasteiger partial charge in [0.1, 0.15) is 0 Å². The monoisotopic (exact) mass is 254 g/mol. The van der Waals surface area contributed by atoms with Gasteiger partial charge >= 0.3 is 0 Å². The Hall–Kier alpha value is -1.14. The number of carbonyl (C=O) groups excluding carboxylic acids is 2. The van der Waals surface area contributed by atoms with Gasteiger partial charge in [0.05, 0.1) is 12.1 Å². The Balaban J connectivity index is 1.81. The van der Waals surface area contributed by atoms with Crippen LogP contribution in [0.1, 0.15) is 12.8 Å². The van der Waals surface area contributed by atoms with Gasteiger partial charge in [-0.05, 0) is 26.9 Å². The van der Waals surface area contributed by atoms with Gasteiger partial charge in [-0.15, -0.1) is 0 Å². The Kier molecular flexibility index (Phi) is 3.59. The molecule has 2 fully saturated rings. The van der Waals surface area contributed by atoms with Crippen LogP contribution in [0.2, 0.25) is 0 Å². The van der Waals surface area contributed by atoms with Gasteiger partial charge in [0.2, 0.25) is 11.8 Å². The molecule has 0 atom stereocenters. The molecule has 0 radical (unpaired) electrons. The van der Waals surface area contributed by atoms with Gasteiger partial charge in [0.15, 0.2) is 0 Å². The Morgan fingerprint density at radius 3 is 2.06 bits per heavy atom. The summed E-state index contributed by atoms with van der Waals surface area (Å²) in [4.78, 5) is 29.4. The van der Waals surface area contributed by atoms with Crippen LogP contribution in [0.3, 0.4) is 0 Å². The lowest BCUT2D eigenvalue weighted by atomic mass is 10.2. The van der Waals surface area contributed by atoms with E-state index in [1.165, 1.54) is 0 Å². The number of piperazine rings is 1. The van der Waals surface area contributed by atoms with Gasteiger partial charge < -0.3 is 20.4 Å². The second-order valence-electron chi connectivity index (χ2n) is 5.57. The maximum absolute atomic E-state index is 12.0. The highest BCUT2D eigenvalue weighted by Crippen LogP contribution is 2.34. The normalized spacial score (nSPS) is 22.2. The van der Waals surface area contributed by atoms with E-state index in [4.69, 9.17) is 5.73 Å². The number of hydrogen-bond donors (Lipinski definition) is 1. The van der Waals surface area contributed by atoms with Crippen molar-refractivity contribution in [1.82, 2.24) is 14.7 Å². The summed E-state index contributed by atoms with van der Waals surface area (Å²) in [6, 6.07) is 0. The van der Waals surface area contributed by atoms with Gasteiger partial charge in [-0.3, -0.25) is 9.59 Å². The molecule has 1 aliphatic carbocycles. The lowest BCUT2D eigenvalue weighted by molar-refractivity contribution is -0.141. The van der Waals surface area contributed by atoms with Crippen LogP contribution in [0.5, 0.6) is 0 Å². The summed E-state index contributed by atoms with van der Waals surface area (Å²) in [5.41, 5.74) is 5.32. The summed E-state index contributed by atoms with van der Waals surface area (Å²) in [7, 11) is 3.76. The lowest BCUT2D eigenvalue weighted by Crippen LogP contribution is -2.56. The smallest absolute Gasteiger partial charge is 0.242 e. The van der Waals surface area contributed by atoms with E-state index in [1.54, 1.807) is 4.90 Å². The molecule has 1 heterocycles. The predicted octanol–water partition coefficient (Wildman–Crippen LogP) is -1.29. The third kappa shape index (κ3) is 2.81. The van der Waals surface area contributed by atoms with E-state index in [9.17, 15) is 9.59 Å². The van der Waals surface area contributed by atoms with Crippen LogP contribution in [0, 0.1) is 0 Å². The summed E-state index contributed by atoms with van der Waals surface area (Å²) in [6.45, 7) is 2.88. The zero-order chi connectivity index (χ0) is 13.3. The Labute approximate surface area is 108 Å². The van der Waals surface area contributed by atoms with Crippen LogP contribution in [0.4, 0.5) is 0 Å². The Bertz CT molecular complexity index is 344. The largest absolute Gasteiger partial charge is 0.338 e.